The van der Waals surface area contributed by atoms with Crippen molar-refractivity contribution in [3.8, 4) is 0 Å². The van der Waals surface area contributed by atoms with Gasteiger partial charge in [0.1, 0.15) is 11.9 Å². The molecule has 1 aliphatic rings. The lowest BCUT2D eigenvalue weighted by molar-refractivity contribution is 0.0534. The molecule has 1 fully saturated rings. The maximum Gasteiger partial charge on any atom is 0.159 e. The fourth-order valence-corrected chi connectivity index (χ4v) is 2.83. The van der Waals surface area contributed by atoms with E-state index in [1.807, 2.05) is 6.92 Å². The molecule has 0 aromatic carbocycles. The SMILES string of the molecule is CCCNc1nc(C(CC)OCC)nc(C2CC2)c1Br. The lowest BCUT2D eigenvalue weighted by Gasteiger charge is -2.17. The van der Waals surface area contributed by atoms with Gasteiger partial charge in [0.25, 0.3) is 0 Å². The summed E-state index contributed by atoms with van der Waals surface area (Å²) in [5.41, 5.74) is 1.15. The van der Waals surface area contributed by atoms with Gasteiger partial charge in [0.05, 0.1) is 10.2 Å². The fraction of sp³-hybridized carbons (Fsp3) is 0.733. The number of hydrogen-bond acceptors (Lipinski definition) is 4. The van der Waals surface area contributed by atoms with E-state index < -0.39 is 0 Å². The summed E-state index contributed by atoms with van der Waals surface area (Å²) >= 11 is 3.67. The molecule has 0 amide bonds. The van der Waals surface area contributed by atoms with Crippen LogP contribution in [0, 0.1) is 0 Å². The molecule has 5 heteroatoms. The Morgan fingerprint density at radius 2 is 2.05 bits per heavy atom. The van der Waals surface area contributed by atoms with Crippen LogP contribution in [0.15, 0.2) is 4.47 Å². The summed E-state index contributed by atoms with van der Waals surface area (Å²) in [4.78, 5) is 9.45. The quantitative estimate of drug-likeness (QED) is 0.759. The second-order valence-electron chi connectivity index (χ2n) is 5.18. The molecule has 0 bridgehead atoms. The Morgan fingerprint density at radius 3 is 2.60 bits per heavy atom. The standard InChI is InChI=1S/C15H24BrN3O/c1-4-9-17-15-12(16)13(10-7-8-10)18-14(19-15)11(5-2)20-6-3/h10-11H,4-9H2,1-3H3,(H,17,18,19). The van der Waals surface area contributed by atoms with Gasteiger partial charge in [-0.25, -0.2) is 9.97 Å². The highest BCUT2D eigenvalue weighted by molar-refractivity contribution is 9.10. The molecule has 1 atom stereocenters. The van der Waals surface area contributed by atoms with Crippen molar-refractivity contribution >= 4 is 21.7 Å². The number of nitrogens with one attached hydrogen (secondary N) is 1. The van der Waals surface area contributed by atoms with Gasteiger partial charge in [-0.2, -0.15) is 0 Å². The lowest BCUT2D eigenvalue weighted by Crippen LogP contribution is -2.13. The number of ether oxygens (including phenoxy) is 1. The van der Waals surface area contributed by atoms with Crippen LogP contribution in [0.1, 0.15) is 70.0 Å². The summed E-state index contributed by atoms with van der Waals surface area (Å²) in [5.74, 6) is 2.32. The summed E-state index contributed by atoms with van der Waals surface area (Å²) in [6, 6.07) is 0. The first-order valence-electron chi connectivity index (χ1n) is 7.63. The Balaban J connectivity index is 2.32. The first-order chi connectivity index (χ1) is 9.71. The van der Waals surface area contributed by atoms with E-state index in [4.69, 9.17) is 9.72 Å². The molecule has 1 heterocycles. The van der Waals surface area contributed by atoms with E-state index >= 15 is 0 Å². The van der Waals surface area contributed by atoms with Gasteiger partial charge >= 0.3 is 0 Å². The second kappa shape index (κ2) is 7.36. The predicted octanol–water partition coefficient (Wildman–Crippen LogP) is 4.43. The van der Waals surface area contributed by atoms with Crippen molar-refractivity contribution < 1.29 is 4.74 Å². The Labute approximate surface area is 129 Å². The van der Waals surface area contributed by atoms with Crippen molar-refractivity contribution in [1.29, 1.82) is 0 Å². The molecule has 0 radical (unpaired) electrons. The number of hydrogen-bond donors (Lipinski definition) is 1. The zero-order valence-corrected chi connectivity index (χ0v) is 14.2. The molecule has 0 spiro atoms. The normalized spacial score (nSPS) is 16.2. The van der Waals surface area contributed by atoms with Crippen molar-refractivity contribution in [2.75, 3.05) is 18.5 Å². The van der Waals surface area contributed by atoms with Crippen LogP contribution in [-0.4, -0.2) is 23.1 Å². The Kier molecular flexibility index (Phi) is 5.78. The number of rotatable bonds is 8. The first-order valence-corrected chi connectivity index (χ1v) is 8.43. The lowest BCUT2D eigenvalue weighted by atomic mass is 10.2. The molecule has 0 aliphatic heterocycles. The molecule has 1 aromatic rings. The molecule has 1 aromatic heterocycles. The van der Waals surface area contributed by atoms with Crippen LogP contribution in [-0.2, 0) is 4.74 Å². The topological polar surface area (TPSA) is 47.0 Å². The van der Waals surface area contributed by atoms with Crippen molar-refractivity contribution in [1.82, 2.24) is 9.97 Å². The van der Waals surface area contributed by atoms with Crippen molar-refractivity contribution in [2.45, 2.75) is 58.5 Å². The summed E-state index contributed by atoms with van der Waals surface area (Å²) in [5, 5.41) is 3.39. The largest absolute Gasteiger partial charge is 0.371 e. The predicted molar refractivity (Wildman–Crippen MR) is 85.1 cm³/mol. The second-order valence-corrected chi connectivity index (χ2v) is 5.98. The third kappa shape index (κ3) is 3.70. The summed E-state index contributed by atoms with van der Waals surface area (Å²) in [6.45, 7) is 7.89. The van der Waals surface area contributed by atoms with Gasteiger partial charge in [-0.1, -0.05) is 13.8 Å². The average Bonchev–Trinajstić information content (AvgIpc) is 3.28. The van der Waals surface area contributed by atoms with Crippen molar-refractivity contribution in [3.05, 3.63) is 16.0 Å². The molecule has 4 nitrogen and oxygen atoms in total. The Hall–Kier alpha value is -0.680. The van der Waals surface area contributed by atoms with E-state index in [2.05, 4.69) is 40.1 Å². The monoisotopic (exact) mass is 341 g/mol. The third-order valence-corrected chi connectivity index (χ3v) is 4.21. The molecule has 1 saturated carbocycles. The highest BCUT2D eigenvalue weighted by atomic mass is 79.9. The highest BCUT2D eigenvalue weighted by Gasteiger charge is 2.30. The molecule has 1 N–H and O–H groups in total. The molecular formula is C15H24BrN3O. The fourth-order valence-electron chi connectivity index (χ4n) is 2.19. The molecule has 20 heavy (non-hydrogen) atoms. The summed E-state index contributed by atoms with van der Waals surface area (Å²) < 4.78 is 6.79. The van der Waals surface area contributed by atoms with E-state index in [0.29, 0.717) is 12.5 Å². The minimum Gasteiger partial charge on any atom is -0.371 e. The molecule has 1 unspecified atom stereocenters. The van der Waals surface area contributed by atoms with E-state index in [-0.39, 0.29) is 6.10 Å². The summed E-state index contributed by atoms with van der Waals surface area (Å²) in [7, 11) is 0. The summed E-state index contributed by atoms with van der Waals surface area (Å²) in [6.07, 6.45) is 4.43. The van der Waals surface area contributed by atoms with E-state index in [1.54, 1.807) is 0 Å². The van der Waals surface area contributed by atoms with Crippen LogP contribution in [0.5, 0.6) is 0 Å². The maximum atomic E-state index is 5.76. The van der Waals surface area contributed by atoms with E-state index in [1.165, 1.54) is 12.8 Å². The number of nitrogens with zero attached hydrogens (tertiary/aromatic N) is 2. The van der Waals surface area contributed by atoms with Crippen LogP contribution in [0.2, 0.25) is 0 Å². The van der Waals surface area contributed by atoms with E-state index in [9.17, 15) is 0 Å². The van der Waals surface area contributed by atoms with Gasteiger partial charge in [-0.05, 0) is 48.5 Å². The molecule has 2 rings (SSSR count). The van der Waals surface area contributed by atoms with Gasteiger partial charge < -0.3 is 10.1 Å². The smallest absolute Gasteiger partial charge is 0.159 e. The van der Waals surface area contributed by atoms with Gasteiger partial charge in [-0.15, -0.1) is 0 Å². The zero-order chi connectivity index (χ0) is 14.5. The Morgan fingerprint density at radius 1 is 1.30 bits per heavy atom. The van der Waals surface area contributed by atoms with Crippen molar-refractivity contribution in [2.24, 2.45) is 0 Å². The van der Waals surface area contributed by atoms with Crippen LogP contribution >= 0.6 is 15.9 Å². The average molecular weight is 342 g/mol. The molecule has 1 aliphatic carbocycles. The van der Waals surface area contributed by atoms with Gasteiger partial charge in [0.2, 0.25) is 0 Å². The molecule has 0 saturated heterocycles. The van der Waals surface area contributed by atoms with Crippen LogP contribution in [0.25, 0.3) is 0 Å². The first kappa shape index (κ1) is 15.7. The van der Waals surface area contributed by atoms with E-state index in [0.717, 1.165) is 41.2 Å². The Bertz CT molecular complexity index is 449. The van der Waals surface area contributed by atoms with Crippen LogP contribution < -0.4 is 5.32 Å². The van der Waals surface area contributed by atoms with Gasteiger partial charge in [0.15, 0.2) is 5.82 Å². The zero-order valence-electron chi connectivity index (χ0n) is 12.6. The van der Waals surface area contributed by atoms with Crippen molar-refractivity contribution in [3.63, 3.8) is 0 Å². The van der Waals surface area contributed by atoms with Gasteiger partial charge in [0, 0.05) is 19.1 Å². The maximum absolute atomic E-state index is 5.76. The minimum absolute atomic E-state index is 0.00669. The molecular weight excluding hydrogens is 318 g/mol. The molecule has 112 valence electrons. The van der Waals surface area contributed by atoms with Crippen LogP contribution in [0.4, 0.5) is 5.82 Å². The highest BCUT2D eigenvalue weighted by Crippen LogP contribution is 2.44. The van der Waals surface area contributed by atoms with Gasteiger partial charge in [-0.3, -0.25) is 0 Å². The number of halogens is 1. The van der Waals surface area contributed by atoms with Crippen LogP contribution in [0.3, 0.4) is 0 Å². The number of aromatic nitrogens is 2. The third-order valence-electron chi connectivity index (χ3n) is 3.43. The number of anilines is 1. The minimum atomic E-state index is -0.00669.